The van der Waals surface area contributed by atoms with Crippen LogP contribution in [-0.2, 0) is 10.0 Å². The first-order valence-electron chi connectivity index (χ1n) is 5.70. The molecule has 1 aromatic heterocycles. The molecule has 1 unspecified atom stereocenters. The van der Waals surface area contributed by atoms with Gasteiger partial charge in [0.05, 0.1) is 0 Å². The number of hydrogen-bond donors (Lipinski definition) is 2. The Labute approximate surface area is 112 Å². The van der Waals surface area contributed by atoms with E-state index in [2.05, 4.69) is 5.32 Å². The second-order valence-corrected chi connectivity index (χ2v) is 6.49. The highest BCUT2D eigenvalue weighted by atomic mass is 32.2. The zero-order chi connectivity index (χ0) is 14.6. The van der Waals surface area contributed by atoms with Crippen molar-refractivity contribution in [3.05, 3.63) is 17.9 Å². The molecular weight excluding hydrogens is 272 g/mol. The molecule has 7 nitrogen and oxygen atoms in total. The van der Waals surface area contributed by atoms with Crippen molar-refractivity contribution in [2.45, 2.75) is 12.0 Å². The third-order valence-corrected chi connectivity index (χ3v) is 4.15. The summed E-state index contributed by atoms with van der Waals surface area (Å²) in [5.41, 5.74) is 0. The summed E-state index contributed by atoms with van der Waals surface area (Å²) in [6.07, 6.45) is 0. The lowest BCUT2D eigenvalue weighted by Crippen LogP contribution is -2.29. The lowest BCUT2D eigenvalue weighted by Gasteiger charge is -2.09. The molecule has 0 aromatic carbocycles. The fourth-order valence-electron chi connectivity index (χ4n) is 1.18. The lowest BCUT2D eigenvalue weighted by molar-refractivity contribution is 0.0909. The first kappa shape index (κ1) is 15.7. The highest BCUT2D eigenvalue weighted by Gasteiger charge is 2.23. The summed E-state index contributed by atoms with van der Waals surface area (Å²) in [7, 11) is -0.928. The molecule has 8 heteroatoms. The predicted octanol–water partition coefficient (Wildman–Crippen LogP) is -0.112. The predicted molar refractivity (Wildman–Crippen MR) is 68.2 cm³/mol. The summed E-state index contributed by atoms with van der Waals surface area (Å²) in [4.78, 5) is 11.7. The van der Waals surface area contributed by atoms with Crippen LogP contribution in [0.2, 0.25) is 0 Å². The molecule has 0 spiro atoms. The average molecular weight is 290 g/mol. The Kier molecular flexibility index (Phi) is 5.10. The van der Waals surface area contributed by atoms with Crippen molar-refractivity contribution in [1.29, 1.82) is 0 Å². The molecule has 19 heavy (non-hydrogen) atoms. The van der Waals surface area contributed by atoms with E-state index in [1.54, 1.807) is 6.92 Å². The van der Waals surface area contributed by atoms with Crippen LogP contribution in [0.15, 0.2) is 21.6 Å². The first-order valence-corrected chi connectivity index (χ1v) is 7.14. The molecule has 0 aliphatic rings. The van der Waals surface area contributed by atoms with Crippen LogP contribution >= 0.6 is 0 Å². The zero-order valence-corrected chi connectivity index (χ0v) is 11.9. The van der Waals surface area contributed by atoms with Crippen molar-refractivity contribution in [3.8, 4) is 0 Å². The highest BCUT2D eigenvalue weighted by molar-refractivity contribution is 7.88. The van der Waals surface area contributed by atoms with E-state index in [9.17, 15) is 13.2 Å². The molecule has 108 valence electrons. The maximum atomic E-state index is 11.7. The minimum atomic E-state index is -3.68. The van der Waals surface area contributed by atoms with Gasteiger partial charge in [-0.3, -0.25) is 4.79 Å². The average Bonchev–Trinajstić information content (AvgIpc) is 2.85. The Morgan fingerprint density at radius 2 is 2.11 bits per heavy atom. The number of amides is 1. The molecule has 1 amide bonds. The van der Waals surface area contributed by atoms with E-state index in [-0.39, 0.29) is 29.9 Å². The molecule has 0 saturated heterocycles. The number of furan rings is 1. The molecule has 0 bridgehead atoms. The summed E-state index contributed by atoms with van der Waals surface area (Å²) >= 11 is 0. The minimum absolute atomic E-state index is 0.0430. The quantitative estimate of drug-likeness (QED) is 0.761. The monoisotopic (exact) mass is 290 g/mol. The van der Waals surface area contributed by atoms with Gasteiger partial charge < -0.3 is 14.8 Å². The molecule has 2 N–H and O–H groups in total. The van der Waals surface area contributed by atoms with Crippen molar-refractivity contribution >= 4 is 15.9 Å². The smallest absolute Gasteiger partial charge is 0.287 e. The number of hydrogen-bond acceptors (Lipinski definition) is 5. The van der Waals surface area contributed by atoms with Crippen molar-refractivity contribution in [2.24, 2.45) is 5.92 Å². The van der Waals surface area contributed by atoms with Crippen molar-refractivity contribution in [2.75, 3.05) is 27.2 Å². The normalized spacial score (nSPS) is 13.5. The molecule has 1 atom stereocenters. The summed E-state index contributed by atoms with van der Waals surface area (Å²) in [6.45, 7) is 2.01. The molecule has 1 aromatic rings. The summed E-state index contributed by atoms with van der Waals surface area (Å²) < 4.78 is 29.5. The molecule has 0 radical (unpaired) electrons. The topological polar surface area (TPSA) is 99.8 Å². The Balaban J connectivity index is 2.78. The lowest BCUT2D eigenvalue weighted by atomic mass is 10.2. The van der Waals surface area contributed by atoms with E-state index in [0.717, 1.165) is 4.31 Å². The van der Waals surface area contributed by atoms with E-state index in [4.69, 9.17) is 9.52 Å². The molecule has 0 fully saturated rings. The van der Waals surface area contributed by atoms with Crippen LogP contribution in [0.3, 0.4) is 0 Å². The Morgan fingerprint density at radius 3 is 2.63 bits per heavy atom. The van der Waals surface area contributed by atoms with Gasteiger partial charge in [-0.1, -0.05) is 6.92 Å². The fraction of sp³-hybridized carbons (Fsp3) is 0.545. The van der Waals surface area contributed by atoms with Gasteiger partial charge in [0.15, 0.2) is 5.76 Å². The highest BCUT2D eigenvalue weighted by Crippen LogP contribution is 2.16. The second kappa shape index (κ2) is 6.18. The Bertz CT molecular complexity index is 535. The van der Waals surface area contributed by atoms with Crippen LogP contribution in [0.25, 0.3) is 0 Å². The zero-order valence-electron chi connectivity index (χ0n) is 11.1. The third kappa shape index (κ3) is 3.79. The van der Waals surface area contributed by atoms with E-state index in [1.807, 2.05) is 0 Å². The first-order chi connectivity index (χ1) is 8.78. The maximum absolute atomic E-state index is 11.7. The molecule has 1 rings (SSSR count). The minimum Gasteiger partial charge on any atom is -0.438 e. The van der Waals surface area contributed by atoms with Crippen LogP contribution in [0, 0.1) is 5.92 Å². The standard InChI is InChI=1S/C11H18N2O5S/c1-8(7-14)6-12-11(15)9-4-5-10(18-9)19(16,17)13(2)3/h4-5,8,14H,6-7H2,1-3H3,(H,12,15). The van der Waals surface area contributed by atoms with Gasteiger partial charge in [0, 0.05) is 27.2 Å². The Hall–Kier alpha value is -1.38. The number of nitrogens with zero attached hydrogens (tertiary/aromatic N) is 1. The van der Waals surface area contributed by atoms with E-state index in [0.29, 0.717) is 0 Å². The second-order valence-electron chi connectivity index (χ2n) is 4.40. The number of nitrogens with one attached hydrogen (secondary N) is 1. The van der Waals surface area contributed by atoms with Gasteiger partial charge in [-0.25, -0.2) is 12.7 Å². The Morgan fingerprint density at radius 1 is 1.47 bits per heavy atom. The number of carbonyl (C=O) groups is 1. The molecule has 0 aliphatic carbocycles. The molecule has 0 aliphatic heterocycles. The fourth-order valence-corrected chi connectivity index (χ4v) is 1.97. The number of aliphatic hydroxyl groups is 1. The summed E-state index contributed by atoms with van der Waals surface area (Å²) in [5, 5.41) is 11.1. The molecule has 1 heterocycles. The SMILES string of the molecule is CC(CO)CNC(=O)c1ccc(S(=O)(=O)N(C)C)o1. The van der Waals surface area contributed by atoms with Crippen LogP contribution in [-0.4, -0.2) is 51.0 Å². The molecule has 0 saturated carbocycles. The van der Waals surface area contributed by atoms with Crippen molar-refractivity contribution in [1.82, 2.24) is 9.62 Å². The molecular formula is C11H18N2O5S. The van der Waals surface area contributed by atoms with Gasteiger partial charge in [-0.15, -0.1) is 0 Å². The van der Waals surface area contributed by atoms with Crippen molar-refractivity contribution < 1.29 is 22.7 Å². The van der Waals surface area contributed by atoms with Crippen LogP contribution in [0.5, 0.6) is 0 Å². The van der Waals surface area contributed by atoms with Crippen LogP contribution in [0.4, 0.5) is 0 Å². The summed E-state index contributed by atoms with van der Waals surface area (Å²) in [6, 6.07) is 2.54. The van der Waals surface area contributed by atoms with Gasteiger partial charge in [0.25, 0.3) is 15.9 Å². The maximum Gasteiger partial charge on any atom is 0.287 e. The van der Waals surface area contributed by atoms with Gasteiger partial charge in [0.2, 0.25) is 5.09 Å². The van der Waals surface area contributed by atoms with Gasteiger partial charge >= 0.3 is 0 Å². The third-order valence-electron chi connectivity index (χ3n) is 2.46. The number of carbonyl (C=O) groups excluding carboxylic acids is 1. The number of rotatable bonds is 6. The van der Waals surface area contributed by atoms with Crippen LogP contribution < -0.4 is 5.32 Å². The largest absolute Gasteiger partial charge is 0.438 e. The van der Waals surface area contributed by atoms with E-state index >= 15 is 0 Å². The number of aliphatic hydroxyl groups excluding tert-OH is 1. The van der Waals surface area contributed by atoms with E-state index in [1.165, 1.54) is 26.2 Å². The van der Waals surface area contributed by atoms with Gasteiger partial charge in [-0.2, -0.15) is 0 Å². The number of sulfonamides is 1. The van der Waals surface area contributed by atoms with Gasteiger partial charge in [-0.05, 0) is 18.1 Å². The summed E-state index contributed by atoms with van der Waals surface area (Å²) in [5.74, 6) is -0.671. The van der Waals surface area contributed by atoms with E-state index < -0.39 is 15.9 Å². The van der Waals surface area contributed by atoms with Crippen LogP contribution in [0.1, 0.15) is 17.5 Å². The van der Waals surface area contributed by atoms with Gasteiger partial charge in [0.1, 0.15) is 0 Å². The van der Waals surface area contributed by atoms with Crippen molar-refractivity contribution in [3.63, 3.8) is 0 Å².